The van der Waals surface area contributed by atoms with Crippen LogP contribution in [-0.2, 0) is 74.2 Å². The number of halogens is 2. The topological polar surface area (TPSA) is 0 Å². The van der Waals surface area contributed by atoms with Gasteiger partial charge < -0.3 is 24.8 Å². The van der Waals surface area contributed by atoms with Crippen molar-refractivity contribution in [1.29, 1.82) is 0 Å². The molecule has 0 aromatic heterocycles. The fourth-order valence-corrected chi connectivity index (χ4v) is 11.0. The Bertz CT molecular complexity index is 3180. The molecule has 78 heavy (non-hydrogen) atoms. The first-order valence-corrected chi connectivity index (χ1v) is 29.5. The Balaban J connectivity index is 0.000000176. The molecule has 0 spiro atoms. The molecule has 0 bridgehead atoms. The average Bonchev–Trinajstić information content (AvgIpc) is 4.28. The third kappa shape index (κ3) is 18.3. The summed E-state index contributed by atoms with van der Waals surface area (Å²) in [7, 11) is 0. The Kier molecular flexibility index (Phi) is 26.5. The summed E-state index contributed by atoms with van der Waals surface area (Å²) in [6.45, 7) is 17.2. The Hall–Kier alpha value is -5.45. The van der Waals surface area contributed by atoms with Crippen molar-refractivity contribution < 1.29 is 73.3 Å². The monoisotopic (exact) mass is 1210 g/mol. The van der Waals surface area contributed by atoms with Crippen LogP contribution in [0.25, 0.3) is 43.1 Å². The minimum absolute atomic E-state index is 0. The second-order valence-corrected chi connectivity index (χ2v) is 22.1. The maximum absolute atomic E-state index is 3.19. The van der Waals surface area contributed by atoms with Gasteiger partial charge in [-0.25, -0.2) is 23.3 Å². The molecule has 0 saturated heterocycles. The van der Waals surface area contributed by atoms with Crippen molar-refractivity contribution in [2.45, 2.75) is 93.9 Å². The Labute approximate surface area is 509 Å². The van der Waals surface area contributed by atoms with Crippen molar-refractivity contribution in [3.05, 3.63) is 297 Å². The molecule has 0 N–H and O–H groups in total. The Morgan fingerprint density at radius 1 is 0.359 bits per heavy atom. The summed E-state index contributed by atoms with van der Waals surface area (Å²) in [4.78, 5) is 0. The fraction of sp³-hybridized carbons (Fsp3) is 0.189. The second kappa shape index (κ2) is 32.6. The van der Waals surface area contributed by atoms with Crippen molar-refractivity contribution >= 4 is 49.5 Å². The summed E-state index contributed by atoms with van der Waals surface area (Å²) in [5.41, 5.74) is 16.4. The van der Waals surface area contributed by atoms with Gasteiger partial charge in [0.1, 0.15) is 0 Å². The zero-order valence-corrected chi connectivity index (χ0v) is 53.2. The molecular weight excluding hydrogens is 1140 g/mol. The van der Waals surface area contributed by atoms with E-state index in [1.807, 2.05) is 0 Å². The Morgan fingerprint density at radius 2 is 0.590 bits per heavy atom. The number of fused-ring (bicyclic) bond motifs is 6. The van der Waals surface area contributed by atoms with Crippen LogP contribution in [0.15, 0.2) is 241 Å². The molecule has 0 unspecified atom stereocenters. The van der Waals surface area contributed by atoms with E-state index in [4.69, 9.17) is 0 Å². The number of allylic oxidation sites excluding steroid dienone is 8. The van der Waals surface area contributed by atoms with E-state index in [0.717, 1.165) is 38.5 Å². The first-order chi connectivity index (χ1) is 37.0. The van der Waals surface area contributed by atoms with Crippen LogP contribution >= 0.6 is 0 Å². The van der Waals surface area contributed by atoms with Gasteiger partial charge in [-0.05, 0) is 25.7 Å². The first kappa shape index (κ1) is 63.4. The van der Waals surface area contributed by atoms with Crippen LogP contribution in [0.1, 0.15) is 113 Å². The van der Waals surface area contributed by atoms with E-state index in [1.165, 1.54) is 165 Å². The van der Waals surface area contributed by atoms with Crippen LogP contribution in [0.4, 0.5) is 0 Å². The number of benzene rings is 8. The van der Waals surface area contributed by atoms with E-state index in [1.54, 1.807) is 0 Å². The van der Waals surface area contributed by atoms with E-state index in [9.17, 15) is 0 Å². The third-order valence-corrected chi connectivity index (χ3v) is 16.6. The normalized spacial score (nSPS) is 11.9. The van der Waals surface area contributed by atoms with Gasteiger partial charge in [0.2, 0.25) is 0 Å². The molecule has 10 aromatic carbocycles. The minimum atomic E-state index is 0. The molecule has 0 aliphatic heterocycles. The van der Waals surface area contributed by atoms with Crippen molar-refractivity contribution in [2.24, 2.45) is 0 Å². The summed E-state index contributed by atoms with van der Waals surface area (Å²) in [6.07, 6.45) is 17.3. The third-order valence-electron chi connectivity index (χ3n) is 13.8. The zero-order chi connectivity index (χ0) is 53.8. The van der Waals surface area contributed by atoms with Gasteiger partial charge in [0.15, 0.2) is 0 Å². The number of aryl methyl sites for hydroxylation is 4. The molecule has 4 heteroatoms. The van der Waals surface area contributed by atoms with E-state index in [-0.39, 0.29) is 24.8 Å². The first-order valence-electron chi connectivity index (χ1n) is 27.1. The summed E-state index contributed by atoms with van der Waals surface area (Å²) < 4.78 is 2.83. The van der Waals surface area contributed by atoms with Gasteiger partial charge in [-0.15, -0.1) is 92.3 Å². The van der Waals surface area contributed by atoms with Gasteiger partial charge in [-0.1, -0.05) is 126 Å². The fourth-order valence-electron chi connectivity index (χ4n) is 9.38. The standard InChI is InChI=1S/2C17H17.2C13H10.2C7H9.2ClH.2Zr/c2*1-3-12-5-7-16-14(9-12)11-15-10-13(4-2)6-8-17(15)16;2*1-3-7-12(8-4-1)11-13-9-5-2-6-10-13;2*1-6-3-4-7(2)5-6;;;;/h2*5-11H,3-4H2,1-2H3;2*1-10H;2*5H,3H2,1-2H3;2*1H;;/q2*-1;;;2*-1;;;2*+2/p-2. The second-order valence-electron chi connectivity index (χ2n) is 19.7. The van der Waals surface area contributed by atoms with Gasteiger partial charge >= 0.3 is 198 Å². The molecule has 0 atom stereocenters. The molecule has 0 fully saturated rings. The molecule has 2 aliphatic rings. The van der Waals surface area contributed by atoms with Crippen molar-refractivity contribution in [3.63, 3.8) is 0 Å². The van der Waals surface area contributed by atoms with Gasteiger partial charge in [0.05, 0.1) is 0 Å². The zero-order valence-electron chi connectivity index (χ0n) is 46.8. The van der Waals surface area contributed by atoms with Crippen molar-refractivity contribution in [1.82, 2.24) is 0 Å². The van der Waals surface area contributed by atoms with Crippen LogP contribution in [0.3, 0.4) is 0 Å². The maximum atomic E-state index is 3.19. The summed E-state index contributed by atoms with van der Waals surface area (Å²) in [5.74, 6) is 0. The van der Waals surface area contributed by atoms with Gasteiger partial charge in [-0.3, -0.25) is 12.2 Å². The summed E-state index contributed by atoms with van der Waals surface area (Å²) in [6, 6.07) is 74.2. The van der Waals surface area contributed by atoms with E-state index >= 15 is 0 Å². The average molecular weight is 1210 g/mol. The predicted molar refractivity (Wildman–Crippen MR) is 325 cm³/mol. The molecule has 0 heterocycles. The van der Waals surface area contributed by atoms with Crippen LogP contribution in [0.2, 0.25) is 0 Å². The number of hydrogen-bond acceptors (Lipinski definition) is 0. The van der Waals surface area contributed by atoms with Gasteiger partial charge in [0, 0.05) is 0 Å². The SMILES string of the molecule is CC1=[C-]CC(C)=C1.CC1=[C-]CC(C)=C1.CCc1ccc2c(c1)[cH-]c1cc(CC)ccc12.CCc1ccc2c(c1)[cH-]c1cc(CC)ccc12.[Cl-].[Cl-].[Zr+2]=[C](c1ccccc1)c1ccccc1.[Zr+2]=[C](c1ccccc1)c1ccccc1. The number of rotatable bonds is 8. The van der Waals surface area contributed by atoms with Gasteiger partial charge in [0.25, 0.3) is 0 Å². The van der Waals surface area contributed by atoms with Crippen LogP contribution in [0.5, 0.6) is 0 Å². The van der Waals surface area contributed by atoms with E-state index in [0.29, 0.717) is 0 Å². The summed E-state index contributed by atoms with van der Waals surface area (Å²) in [5, 5.41) is 11.1. The number of hydrogen-bond donors (Lipinski definition) is 0. The molecule has 2 aliphatic carbocycles. The quantitative estimate of drug-likeness (QED) is 0.133. The molecule has 0 nitrogen and oxygen atoms in total. The molecular formula is C74H72Cl2Zr2-2. The van der Waals surface area contributed by atoms with E-state index < -0.39 is 0 Å². The Morgan fingerprint density at radius 3 is 0.756 bits per heavy atom. The van der Waals surface area contributed by atoms with E-state index in [2.05, 4.69) is 286 Å². The summed E-state index contributed by atoms with van der Waals surface area (Å²) >= 11 is 2.92. The molecule has 12 rings (SSSR count). The van der Waals surface area contributed by atoms with Crippen LogP contribution in [0, 0.1) is 12.2 Å². The van der Waals surface area contributed by atoms with Crippen LogP contribution in [-0.4, -0.2) is 6.41 Å². The molecule has 0 saturated carbocycles. The molecule has 0 radical (unpaired) electrons. The predicted octanol–water partition coefficient (Wildman–Crippen LogP) is 13.5. The van der Waals surface area contributed by atoms with Gasteiger partial charge in [-0.2, -0.15) is 11.1 Å². The molecule has 0 amide bonds. The molecule has 392 valence electrons. The van der Waals surface area contributed by atoms with Crippen molar-refractivity contribution in [2.75, 3.05) is 0 Å². The molecule has 10 aromatic rings. The van der Waals surface area contributed by atoms with Crippen LogP contribution < -0.4 is 24.8 Å². The van der Waals surface area contributed by atoms with Crippen molar-refractivity contribution in [3.8, 4) is 0 Å².